The average molecular weight is 659 g/mol. The number of nitrogens with one attached hydrogen (secondary N) is 2. The third-order valence-electron chi connectivity index (χ3n) is 5.61. The van der Waals surface area contributed by atoms with Crippen LogP contribution in [0.1, 0.15) is 40.5 Å². The Balaban J connectivity index is 0.00000612. The summed E-state index contributed by atoms with van der Waals surface area (Å²) >= 11 is 0. The first kappa shape index (κ1) is 34.7. The van der Waals surface area contributed by atoms with E-state index in [-0.39, 0.29) is 55.3 Å². The van der Waals surface area contributed by atoms with Gasteiger partial charge in [0.2, 0.25) is 0 Å². The van der Waals surface area contributed by atoms with Crippen LogP contribution in [0.15, 0.2) is 71.1 Å². The SMILES string of the molecule is CC(C)C1=C/C(=C/NCCC[N-]CC[N-]CCCN/C=C2\C=C(C(C)C)C=CC2=O)C(=O)C=C1.[68Ga+3].[I-]. The van der Waals surface area contributed by atoms with Gasteiger partial charge in [0.15, 0.2) is 11.6 Å². The molecule has 2 rings (SSSR count). The van der Waals surface area contributed by atoms with Crippen LogP contribution in [0.25, 0.3) is 10.6 Å². The zero-order valence-corrected chi connectivity index (χ0v) is 26.7. The van der Waals surface area contributed by atoms with Crippen molar-refractivity contribution in [1.82, 2.24) is 10.6 Å². The molecule has 0 amide bonds. The maximum absolute atomic E-state index is 11.9. The molecular weight excluding hydrogens is 619 g/mol. The van der Waals surface area contributed by atoms with Crippen molar-refractivity contribution in [1.29, 1.82) is 0 Å². The summed E-state index contributed by atoms with van der Waals surface area (Å²) in [5.74, 6) is 0.912. The van der Waals surface area contributed by atoms with Crippen molar-refractivity contribution in [2.24, 2.45) is 11.8 Å². The first-order valence-electron chi connectivity index (χ1n) is 12.4. The predicted molar refractivity (Wildman–Crippen MR) is 147 cm³/mol. The van der Waals surface area contributed by atoms with Crippen LogP contribution in [-0.2, 0) is 9.59 Å². The molecule has 0 aromatic heterocycles. The van der Waals surface area contributed by atoms with Crippen LogP contribution in [-0.4, -0.2) is 70.6 Å². The van der Waals surface area contributed by atoms with Crippen LogP contribution in [0.5, 0.6) is 0 Å². The monoisotopic (exact) mass is 659 g/mol. The Hall–Kier alpha value is -1.33. The van der Waals surface area contributed by atoms with Crippen LogP contribution in [0.3, 0.4) is 0 Å². The zero-order valence-electron chi connectivity index (χ0n) is 22.1. The maximum Gasteiger partial charge on any atom is 3.00 e. The molecule has 0 radical (unpaired) electrons. The Morgan fingerprint density at radius 2 is 1.08 bits per heavy atom. The van der Waals surface area contributed by atoms with Gasteiger partial charge in [-0.2, -0.15) is 13.1 Å². The molecule has 2 aliphatic carbocycles. The van der Waals surface area contributed by atoms with Gasteiger partial charge in [-0.05, 0) is 47.3 Å². The van der Waals surface area contributed by atoms with Gasteiger partial charge in [0.1, 0.15) is 0 Å². The molecule has 0 unspecified atom stereocenters. The van der Waals surface area contributed by atoms with Crippen molar-refractivity contribution in [3.8, 4) is 0 Å². The minimum atomic E-state index is 0. The second kappa shape index (κ2) is 19.7. The van der Waals surface area contributed by atoms with Gasteiger partial charge in [0, 0.05) is 36.6 Å². The van der Waals surface area contributed by atoms with Crippen LogP contribution in [0.4, 0.5) is 0 Å². The molecule has 6 nitrogen and oxygen atoms in total. The molecule has 8 heteroatoms. The summed E-state index contributed by atoms with van der Waals surface area (Å²) in [4.78, 5) is 23.9. The number of allylic oxidation sites excluding steroid dienone is 10. The van der Waals surface area contributed by atoms with E-state index in [1.54, 1.807) is 12.2 Å². The fourth-order valence-electron chi connectivity index (χ4n) is 3.39. The van der Waals surface area contributed by atoms with Crippen LogP contribution in [0, 0.1) is 11.8 Å². The summed E-state index contributed by atoms with van der Waals surface area (Å²) < 4.78 is 0. The van der Waals surface area contributed by atoms with Crippen molar-refractivity contribution >= 4 is 31.4 Å². The Kier molecular flexibility index (Phi) is 19.0. The number of ketones is 2. The van der Waals surface area contributed by atoms with Gasteiger partial charge in [0.05, 0.1) is 0 Å². The molecule has 0 spiro atoms. The van der Waals surface area contributed by atoms with Gasteiger partial charge in [-0.1, -0.05) is 52.7 Å². The van der Waals surface area contributed by atoms with E-state index in [0.29, 0.717) is 23.0 Å². The van der Waals surface area contributed by atoms with Crippen molar-refractivity contribution in [3.63, 3.8) is 0 Å². The van der Waals surface area contributed by atoms with E-state index in [1.165, 1.54) is 11.1 Å². The summed E-state index contributed by atoms with van der Waals surface area (Å²) in [6.07, 6.45) is 16.5. The number of hydrogen-bond donors (Lipinski definition) is 2. The molecule has 0 heterocycles. The first-order chi connectivity index (χ1) is 16.4. The molecule has 2 aliphatic rings. The molecule has 0 fully saturated rings. The number of nitrogens with zero attached hydrogens (tertiary/aromatic N) is 2. The quantitative estimate of drug-likeness (QED) is 0.121. The summed E-state index contributed by atoms with van der Waals surface area (Å²) in [7, 11) is 0. The molecule has 36 heavy (non-hydrogen) atoms. The van der Waals surface area contributed by atoms with Gasteiger partial charge in [-0.3, -0.25) is 9.59 Å². The zero-order chi connectivity index (χ0) is 24.8. The van der Waals surface area contributed by atoms with Crippen molar-refractivity contribution in [2.45, 2.75) is 40.5 Å². The van der Waals surface area contributed by atoms with E-state index < -0.39 is 0 Å². The number of rotatable bonds is 15. The van der Waals surface area contributed by atoms with E-state index in [9.17, 15) is 9.59 Å². The Bertz CT molecular complexity index is 814. The smallest absolute Gasteiger partial charge is 1.00 e. The van der Waals surface area contributed by atoms with Crippen molar-refractivity contribution in [3.05, 3.63) is 81.8 Å². The summed E-state index contributed by atoms with van der Waals surface area (Å²) in [5.41, 5.74) is 3.78. The maximum atomic E-state index is 11.9. The fraction of sp³-hybridized carbons (Fsp3) is 0.500. The summed E-state index contributed by atoms with van der Waals surface area (Å²) in [6.45, 7) is 13.1. The van der Waals surface area contributed by atoms with Gasteiger partial charge in [-0.25, -0.2) is 0 Å². The molecule has 0 bridgehead atoms. The van der Waals surface area contributed by atoms with Gasteiger partial charge in [-0.15, -0.1) is 13.1 Å². The molecule has 0 aromatic rings. The van der Waals surface area contributed by atoms with Gasteiger partial charge in [0.25, 0.3) is 0 Å². The number of halogens is 1. The summed E-state index contributed by atoms with van der Waals surface area (Å²) in [5, 5.41) is 15.5. The van der Waals surface area contributed by atoms with E-state index in [4.69, 9.17) is 0 Å². The van der Waals surface area contributed by atoms with E-state index in [0.717, 1.165) is 52.1 Å². The predicted octanol–water partition coefficient (Wildman–Crippen LogP) is 1.53. The minimum absolute atomic E-state index is 0. The third-order valence-corrected chi connectivity index (χ3v) is 5.61. The molecule has 0 saturated carbocycles. The topological polar surface area (TPSA) is 86.4 Å². The number of carbonyl (C=O) groups is 2. The van der Waals surface area contributed by atoms with Gasteiger partial charge < -0.3 is 45.2 Å². The van der Waals surface area contributed by atoms with Gasteiger partial charge >= 0.3 is 19.8 Å². The Morgan fingerprint density at radius 1 is 0.694 bits per heavy atom. The number of carbonyl (C=O) groups excluding carboxylic acids is 2. The summed E-state index contributed by atoms with van der Waals surface area (Å²) in [6, 6.07) is 0. The van der Waals surface area contributed by atoms with Crippen molar-refractivity contribution < 1.29 is 33.6 Å². The molecule has 194 valence electrons. The van der Waals surface area contributed by atoms with Crippen molar-refractivity contribution in [2.75, 3.05) is 39.3 Å². The van der Waals surface area contributed by atoms with Crippen LogP contribution in [0.2, 0.25) is 0 Å². The van der Waals surface area contributed by atoms with Crippen LogP contribution >= 0.6 is 0 Å². The normalized spacial score (nSPS) is 17.3. The Morgan fingerprint density at radius 3 is 1.44 bits per heavy atom. The molecule has 0 atom stereocenters. The molecule has 2 N–H and O–H groups in total. The first-order valence-corrected chi connectivity index (χ1v) is 12.4. The molecule has 0 aromatic carbocycles. The minimum Gasteiger partial charge on any atom is -1.00 e. The van der Waals surface area contributed by atoms with E-state index in [2.05, 4.69) is 49.0 Å². The average Bonchev–Trinajstić information content (AvgIpc) is 2.81. The van der Waals surface area contributed by atoms with E-state index >= 15 is 0 Å². The number of hydrogen-bond acceptors (Lipinski definition) is 4. The van der Waals surface area contributed by atoms with Crippen LogP contribution < -0.4 is 34.6 Å². The van der Waals surface area contributed by atoms with E-state index in [1.807, 2.05) is 36.7 Å². The molecule has 0 aliphatic heterocycles. The second-order valence-electron chi connectivity index (χ2n) is 9.15. The second-order valence-corrected chi connectivity index (χ2v) is 9.15. The Labute approximate surface area is 247 Å². The molecule has 0 saturated heterocycles. The standard InChI is InChI=1S/C28H40N4O2.Ga.HI/c1-21(2)23-7-9-27(33)25(17-23)19-31-13-5-11-29-15-16-30-12-6-14-32-20-26-18-24(22(3)4)8-10-28(26)34;;/h7-10,17-22,31-32H,5-6,11-16H2,1-4H3;;1H/q-2;+3;/p-1/b25-19-,26-20+;;/i;1-2;. The largest absolute Gasteiger partial charge is 3.00 e. The third kappa shape index (κ3) is 13.3. The molecular formula is C28H40GaIN4O2. The fourth-order valence-corrected chi connectivity index (χ4v) is 3.39.